The lowest BCUT2D eigenvalue weighted by molar-refractivity contribution is 0.557. The molecule has 3 unspecified atom stereocenters. The third-order valence-corrected chi connectivity index (χ3v) is 4.07. The van der Waals surface area contributed by atoms with Crippen molar-refractivity contribution in [2.75, 3.05) is 12.3 Å². The summed E-state index contributed by atoms with van der Waals surface area (Å²) in [4.78, 5) is 0. The van der Waals surface area contributed by atoms with Crippen LogP contribution in [0.3, 0.4) is 0 Å². The van der Waals surface area contributed by atoms with Gasteiger partial charge in [-0.15, -0.1) is 0 Å². The SMILES string of the molecule is CCCC1CC1NCCC(C)c1ccc(N)cc1. The number of rotatable bonds is 7. The Hall–Kier alpha value is -1.02. The van der Waals surface area contributed by atoms with Crippen molar-refractivity contribution in [1.82, 2.24) is 5.32 Å². The zero-order chi connectivity index (χ0) is 13.0. The molecule has 18 heavy (non-hydrogen) atoms. The number of hydrogen-bond acceptors (Lipinski definition) is 2. The van der Waals surface area contributed by atoms with Crippen molar-refractivity contribution < 1.29 is 0 Å². The van der Waals surface area contributed by atoms with Gasteiger partial charge in [0.25, 0.3) is 0 Å². The second-order valence-corrected chi connectivity index (χ2v) is 5.70. The molecule has 1 aliphatic rings. The van der Waals surface area contributed by atoms with E-state index < -0.39 is 0 Å². The van der Waals surface area contributed by atoms with Crippen LogP contribution in [-0.4, -0.2) is 12.6 Å². The molecule has 2 nitrogen and oxygen atoms in total. The van der Waals surface area contributed by atoms with E-state index in [4.69, 9.17) is 5.73 Å². The summed E-state index contributed by atoms with van der Waals surface area (Å²) in [6, 6.07) is 9.10. The number of nitrogens with one attached hydrogen (secondary N) is 1. The first-order valence-corrected chi connectivity index (χ1v) is 7.29. The molecule has 0 radical (unpaired) electrons. The van der Waals surface area contributed by atoms with E-state index >= 15 is 0 Å². The lowest BCUT2D eigenvalue weighted by Gasteiger charge is -2.12. The third-order valence-electron chi connectivity index (χ3n) is 4.07. The Morgan fingerprint density at radius 1 is 1.33 bits per heavy atom. The molecule has 1 fully saturated rings. The van der Waals surface area contributed by atoms with Gasteiger partial charge in [0.05, 0.1) is 0 Å². The van der Waals surface area contributed by atoms with E-state index in [1.807, 2.05) is 12.1 Å². The molecule has 1 aromatic carbocycles. The summed E-state index contributed by atoms with van der Waals surface area (Å²) in [5, 5.41) is 3.68. The Kier molecular flexibility index (Phi) is 4.65. The van der Waals surface area contributed by atoms with Crippen molar-refractivity contribution >= 4 is 5.69 Å². The highest BCUT2D eigenvalue weighted by molar-refractivity contribution is 5.40. The number of anilines is 1. The van der Waals surface area contributed by atoms with E-state index in [1.165, 1.54) is 31.2 Å². The highest BCUT2D eigenvalue weighted by Gasteiger charge is 2.35. The zero-order valence-electron chi connectivity index (χ0n) is 11.7. The van der Waals surface area contributed by atoms with Crippen LogP contribution in [0.4, 0.5) is 5.69 Å². The monoisotopic (exact) mass is 246 g/mol. The van der Waals surface area contributed by atoms with Gasteiger partial charge in [-0.3, -0.25) is 0 Å². The van der Waals surface area contributed by atoms with Crippen LogP contribution in [0.15, 0.2) is 24.3 Å². The van der Waals surface area contributed by atoms with Gasteiger partial charge in [0.2, 0.25) is 0 Å². The Morgan fingerprint density at radius 2 is 2.06 bits per heavy atom. The Labute approximate surface area is 111 Å². The van der Waals surface area contributed by atoms with Crippen molar-refractivity contribution in [3.63, 3.8) is 0 Å². The first-order chi connectivity index (χ1) is 8.70. The van der Waals surface area contributed by atoms with Crippen molar-refractivity contribution in [2.45, 2.75) is 51.5 Å². The number of hydrogen-bond donors (Lipinski definition) is 2. The van der Waals surface area contributed by atoms with Crippen LogP contribution in [-0.2, 0) is 0 Å². The van der Waals surface area contributed by atoms with E-state index in [0.29, 0.717) is 5.92 Å². The van der Waals surface area contributed by atoms with Gasteiger partial charge >= 0.3 is 0 Å². The molecule has 100 valence electrons. The molecule has 0 aliphatic heterocycles. The second-order valence-electron chi connectivity index (χ2n) is 5.70. The fraction of sp³-hybridized carbons (Fsp3) is 0.625. The molecule has 3 N–H and O–H groups in total. The minimum atomic E-state index is 0.612. The summed E-state index contributed by atoms with van der Waals surface area (Å²) in [7, 11) is 0. The van der Waals surface area contributed by atoms with E-state index in [-0.39, 0.29) is 0 Å². The van der Waals surface area contributed by atoms with Gasteiger partial charge in [-0.25, -0.2) is 0 Å². The van der Waals surface area contributed by atoms with Crippen LogP contribution in [0, 0.1) is 5.92 Å². The molecule has 1 aromatic rings. The fourth-order valence-corrected chi connectivity index (χ4v) is 2.66. The molecule has 1 aliphatic carbocycles. The van der Waals surface area contributed by atoms with Crippen LogP contribution in [0.5, 0.6) is 0 Å². The molecular formula is C16H26N2. The molecular weight excluding hydrogens is 220 g/mol. The lowest BCUT2D eigenvalue weighted by Crippen LogP contribution is -2.20. The van der Waals surface area contributed by atoms with Crippen LogP contribution < -0.4 is 11.1 Å². The number of nitrogen functional groups attached to an aromatic ring is 1. The van der Waals surface area contributed by atoms with Gasteiger partial charge in [-0.2, -0.15) is 0 Å². The molecule has 0 bridgehead atoms. The quantitative estimate of drug-likeness (QED) is 0.722. The average molecular weight is 246 g/mol. The predicted molar refractivity (Wildman–Crippen MR) is 78.7 cm³/mol. The van der Waals surface area contributed by atoms with Crippen molar-refractivity contribution in [3.05, 3.63) is 29.8 Å². The lowest BCUT2D eigenvalue weighted by atomic mass is 9.97. The standard InChI is InChI=1S/C16H26N2/c1-3-4-14-11-16(14)18-10-9-12(2)13-5-7-15(17)8-6-13/h5-8,12,14,16,18H,3-4,9-11,17H2,1-2H3. The van der Waals surface area contributed by atoms with Crippen LogP contribution in [0.1, 0.15) is 51.0 Å². The van der Waals surface area contributed by atoms with Crippen molar-refractivity contribution in [1.29, 1.82) is 0 Å². The normalized spacial score (nSPS) is 23.9. The number of nitrogens with two attached hydrogens (primary N) is 1. The first kappa shape index (κ1) is 13.4. The summed E-state index contributed by atoms with van der Waals surface area (Å²) < 4.78 is 0. The van der Waals surface area contributed by atoms with E-state index in [1.54, 1.807) is 0 Å². The summed E-state index contributed by atoms with van der Waals surface area (Å²) in [6.07, 6.45) is 5.32. The summed E-state index contributed by atoms with van der Waals surface area (Å²) >= 11 is 0. The Bertz CT molecular complexity index is 358. The third kappa shape index (κ3) is 3.74. The minimum absolute atomic E-state index is 0.612. The summed E-state index contributed by atoms with van der Waals surface area (Å²) in [5.74, 6) is 1.57. The van der Waals surface area contributed by atoms with Crippen LogP contribution in [0.2, 0.25) is 0 Å². The Balaban J connectivity index is 1.66. The maximum absolute atomic E-state index is 5.71. The largest absolute Gasteiger partial charge is 0.399 e. The fourth-order valence-electron chi connectivity index (χ4n) is 2.66. The average Bonchev–Trinajstić information content (AvgIpc) is 3.09. The molecule has 0 aromatic heterocycles. The first-order valence-electron chi connectivity index (χ1n) is 7.29. The van der Waals surface area contributed by atoms with Crippen molar-refractivity contribution in [2.24, 2.45) is 5.92 Å². The van der Waals surface area contributed by atoms with E-state index in [2.05, 4.69) is 31.3 Å². The molecule has 0 saturated heterocycles. The van der Waals surface area contributed by atoms with E-state index in [9.17, 15) is 0 Å². The molecule has 2 heteroatoms. The second kappa shape index (κ2) is 6.24. The van der Waals surface area contributed by atoms with Gasteiger partial charge in [0, 0.05) is 11.7 Å². The molecule has 0 heterocycles. The molecule has 1 saturated carbocycles. The van der Waals surface area contributed by atoms with Gasteiger partial charge in [0.1, 0.15) is 0 Å². The van der Waals surface area contributed by atoms with Gasteiger partial charge in [-0.05, 0) is 55.3 Å². The van der Waals surface area contributed by atoms with Gasteiger partial charge < -0.3 is 11.1 Å². The summed E-state index contributed by atoms with van der Waals surface area (Å²) in [6.45, 7) is 5.71. The number of benzene rings is 1. The van der Waals surface area contributed by atoms with E-state index in [0.717, 1.165) is 24.2 Å². The molecule has 3 atom stereocenters. The minimum Gasteiger partial charge on any atom is -0.399 e. The smallest absolute Gasteiger partial charge is 0.0314 e. The summed E-state index contributed by atoms with van der Waals surface area (Å²) in [5.41, 5.74) is 7.95. The zero-order valence-corrected chi connectivity index (χ0v) is 11.7. The molecule has 0 spiro atoms. The molecule has 2 rings (SSSR count). The van der Waals surface area contributed by atoms with Crippen LogP contribution >= 0.6 is 0 Å². The highest BCUT2D eigenvalue weighted by atomic mass is 15.0. The van der Waals surface area contributed by atoms with Crippen molar-refractivity contribution in [3.8, 4) is 0 Å². The van der Waals surface area contributed by atoms with Crippen LogP contribution in [0.25, 0.3) is 0 Å². The maximum Gasteiger partial charge on any atom is 0.0314 e. The van der Waals surface area contributed by atoms with Gasteiger partial charge in [0.15, 0.2) is 0 Å². The highest BCUT2D eigenvalue weighted by Crippen LogP contribution is 2.34. The maximum atomic E-state index is 5.71. The van der Waals surface area contributed by atoms with Gasteiger partial charge in [-0.1, -0.05) is 32.4 Å². The predicted octanol–water partition coefficient (Wildman–Crippen LogP) is 3.54. The topological polar surface area (TPSA) is 38.0 Å². The Morgan fingerprint density at radius 3 is 2.72 bits per heavy atom. The molecule has 0 amide bonds.